The zero-order valence-electron chi connectivity index (χ0n) is 6.13. The first-order valence-electron chi connectivity index (χ1n) is 2.96. The van der Waals surface area contributed by atoms with Gasteiger partial charge >= 0.3 is 0 Å². The summed E-state index contributed by atoms with van der Waals surface area (Å²) in [7, 11) is 0. The Balaban J connectivity index is 4.16. The lowest BCUT2D eigenvalue weighted by Gasteiger charge is -1.83. The zero-order chi connectivity index (χ0) is 7.98. The fraction of sp³-hybridized carbons (Fsp3) is 0.250. The first kappa shape index (κ1) is 8.82. The molecule has 0 radical (unpaired) electrons. The molecule has 0 N–H and O–H groups in total. The molecule has 0 heterocycles. The third-order valence-electron chi connectivity index (χ3n) is 0.981. The Kier molecular flexibility index (Phi) is 4.12. The quantitative estimate of drug-likeness (QED) is 0.334. The summed E-state index contributed by atoms with van der Waals surface area (Å²) in [4.78, 5) is 20.0. The Bertz CT molecular complexity index is 165. The zero-order valence-corrected chi connectivity index (χ0v) is 6.13. The maximum atomic E-state index is 10.0. The van der Waals surface area contributed by atoms with Crippen molar-refractivity contribution in [1.82, 2.24) is 0 Å². The van der Waals surface area contributed by atoms with Gasteiger partial charge in [-0.25, -0.2) is 0 Å². The van der Waals surface area contributed by atoms with E-state index in [0.29, 0.717) is 11.1 Å². The predicted octanol–water partition coefficient (Wildman–Crippen LogP) is 1.28. The normalized spacial score (nSPS) is 13.0. The van der Waals surface area contributed by atoms with Gasteiger partial charge in [0, 0.05) is 0 Å². The third kappa shape index (κ3) is 3.78. The fourth-order valence-corrected chi connectivity index (χ4v) is 0.341. The van der Waals surface area contributed by atoms with E-state index in [9.17, 15) is 9.59 Å². The van der Waals surface area contributed by atoms with Crippen LogP contribution >= 0.6 is 0 Å². The molecule has 0 aromatic heterocycles. The summed E-state index contributed by atoms with van der Waals surface area (Å²) in [5, 5.41) is 0. The van der Waals surface area contributed by atoms with Crippen LogP contribution in [0.5, 0.6) is 0 Å². The summed E-state index contributed by atoms with van der Waals surface area (Å²) in [6.07, 6.45) is 4.70. The SMILES string of the molecule is C/C(C=O)=C\C=C(/C)C=O. The van der Waals surface area contributed by atoms with Gasteiger partial charge in [-0.05, 0) is 25.0 Å². The maximum absolute atomic E-state index is 10.0. The lowest BCUT2D eigenvalue weighted by atomic mass is 10.2. The van der Waals surface area contributed by atoms with Gasteiger partial charge in [0.1, 0.15) is 12.6 Å². The highest BCUT2D eigenvalue weighted by Gasteiger charge is 1.81. The van der Waals surface area contributed by atoms with Crippen LogP contribution in [0.2, 0.25) is 0 Å². The van der Waals surface area contributed by atoms with Gasteiger partial charge in [0.05, 0.1) is 0 Å². The second-order valence-corrected chi connectivity index (χ2v) is 2.06. The van der Waals surface area contributed by atoms with Crippen molar-refractivity contribution in [1.29, 1.82) is 0 Å². The first-order valence-corrected chi connectivity index (χ1v) is 2.96. The summed E-state index contributed by atoms with van der Waals surface area (Å²) in [5.74, 6) is 0. The summed E-state index contributed by atoms with van der Waals surface area (Å²) in [5.41, 5.74) is 1.22. The van der Waals surface area contributed by atoms with Gasteiger partial charge in [-0.3, -0.25) is 9.59 Å². The number of carbonyl (C=O) groups is 2. The van der Waals surface area contributed by atoms with Crippen LogP contribution in [-0.2, 0) is 9.59 Å². The minimum absolute atomic E-state index is 0.612. The van der Waals surface area contributed by atoms with Gasteiger partial charge < -0.3 is 0 Å². The van der Waals surface area contributed by atoms with Crippen molar-refractivity contribution in [2.45, 2.75) is 13.8 Å². The third-order valence-corrected chi connectivity index (χ3v) is 0.981. The van der Waals surface area contributed by atoms with Crippen LogP contribution in [0.3, 0.4) is 0 Å². The second-order valence-electron chi connectivity index (χ2n) is 2.06. The van der Waals surface area contributed by atoms with E-state index in [1.807, 2.05) is 0 Å². The smallest absolute Gasteiger partial charge is 0.145 e. The number of rotatable bonds is 3. The van der Waals surface area contributed by atoms with Crippen LogP contribution in [0.4, 0.5) is 0 Å². The van der Waals surface area contributed by atoms with Gasteiger partial charge in [-0.2, -0.15) is 0 Å². The first-order chi connectivity index (χ1) is 4.70. The van der Waals surface area contributed by atoms with Gasteiger partial charge in [-0.1, -0.05) is 12.2 Å². The molecule has 0 saturated heterocycles. The van der Waals surface area contributed by atoms with Gasteiger partial charge in [0.2, 0.25) is 0 Å². The van der Waals surface area contributed by atoms with E-state index in [1.165, 1.54) is 0 Å². The Labute approximate surface area is 60.2 Å². The number of carbonyl (C=O) groups excluding carboxylic acids is 2. The highest BCUT2D eigenvalue weighted by Crippen LogP contribution is 1.91. The molecular weight excluding hydrogens is 128 g/mol. The van der Waals surface area contributed by atoms with Crippen molar-refractivity contribution in [2.24, 2.45) is 0 Å². The van der Waals surface area contributed by atoms with Crippen molar-refractivity contribution in [3.63, 3.8) is 0 Å². The molecule has 0 bridgehead atoms. The Morgan fingerprint density at radius 1 is 0.900 bits per heavy atom. The number of hydrogen-bond donors (Lipinski definition) is 0. The number of hydrogen-bond acceptors (Lipinski definition) is 2. The molecule has 0 aliphatic heterocycles. The van der Waals surface area contributed by atoms with E-state index >= 15 is 0 Å². The van der Waals surface area contributed by atoms with Crippen LogP contribution in [0.1, 0.15) is 13.8 Å². The Morgan fingerprint density at radius 2 is 1.20 bits per heavy atom. The van der Waals surface area contributed by atoms with E-state index in [4.69, 9.17) is 0 Å². The molecule has 0 aromatic carbocycles. The highest BCUT2D eigenvalue weighted by atomic mass is 16.1. The van der Waals surface area contributed by atoms with Crippen LogP contribution in [-0.4, -0.2) is 12.6 Å². The minimum atomic E-state index is 0.612. The fourth-order valence-electron chi connectivity index (χ4n) is 0.341. The Hall–Kier alpha value is -1.18. The molecule has 0 atom stereocenters. The van der Waals surface area contributed by atoms with Crippen molar-refractivity contribution >= 4 is 12.6 Å². The summed E-state index contributed by atoms with van der Waals surface area (Å²) >= 11 is 0. The molecule has 0 saturated carbocycles. The van der Waals surface area contributed by atoms with Gasteiger partial charge in [0.25, 0.3) is 0 Å². The van der Waals surface area contributed by atoms with Gasteiger partial charge in [-0.15, -0.1) is 0 Å². The van der Waals surface area contributed by atoms with E-state index in [1.54, 1.807) is 26.0 Å². The second kappa shape index (κ2) is 4.68. The molecule has 0 aliphatic carbocycles. The van der Waals surface area contributed by atoms with Crippen LogP contribution < -0.4 is 0 Å². The number of allylic oxidation sites excluding steroid dienone is 4. The topological polar surface area (TPSA) is 34.1 Å². The van der Waals surface area contributed by atoms with E-state index in [0.717, 1.165) is 12.6 Å². The van der Waals surface area contributed by atoms with Crippen LogP contribution in [0, 0.1) is 0 Å². The minimum Gasteiger partial charge on any atom is -0.298 e. The predicted molar refractivity (Wildman–Crippen MR) is 39.6 cm³/mol. The molecule has 10 heavy (non-hydrogen) atoms. The molecule has 54 valence electrons. The largest absolute Gasteiger partial charge is 0.298 e. The van der Waals surface area contributed by atoms with E-state index < -0.39 is 0 Å². The van der Waals surface area contributed by atoms with E-state index in [-0.39, 0.29) is 0 Å². The lowest BCUT2D eigenvalue weighted by Crippen LogP contribution is -1.76. The number of aldehydes is 2. The van der Waals surface area contributed by atoms with Crippen LogP contribution in [0.15, 0.2) is 23.3 Å². The van der Waals surface area contributed by atoms with Crippen molar-refractivity contribution < 1.29 is 9.59 Å². The molecule has 0 aliphatic rings. The maximum Gasteiger partial charge on any atom is 0.145 e. The summed E-state index contributed by atoms with van der Waals surface area (Å²) in [6.45, 7) is 3.36. The standard InChI is InChI=1S/C8H10O2/c1-7(5-9)3-4-8(2)6-10/h3-6H,1-2H3/b7-3+,8-4+. The average Bonchev–Trinajstić information content (AvgIpc) is 1.99. The molecule has 0 unspecified atom stereocenters. The molecule has 0 amide bonds. The summed E-state index contributed by atoms with van der Waals surface area (Å²) in [6, 6.07) is 0. The van der Waals surface area contributed by atoms with Crippen molar-refractivity contribution in [3.05, 3.63) is 23.3 Å². The van der Waals surface area contributed by atoms with Crippen molar-refractivity contribution in [3.8, 4) is 0 Å². The van der Waals surface area contributed by atoms with Crippen molar-refractivity contribution in [2.75, 3.05) is 0 Å². The summed E-state index contributed by atoms with van der Waals surface area (Å²) < 4.78 is 0. The van der Waals surface area contributed by atoms with Gasteiger partial charge in [0.15, 0.2) is 0 Å². The highest BCUT2D eigenvalue weighted by molar-refractivity contribution is 5.75. The Morgan fingerprint density at radius 3 is 1.40 bits per heavy atom. The molecule has 2 heteroatoms. The molecular formula is C8H10O2. The lowest BCUT2D eigenvalue weighted by molar-refractivity contribution is -0.105. The molecule has 2 nitrogen and oxygen atoms in total. The molecule has 0 rings (SSSR count). The van der Waals surface area contributed by atoms with Crippen LogP contribution in [0.25, 0.3) is 0 Å². The molecule has 0 spiro atoms. The molecule has 0 fully saturated rings. The average molecular weight is 138 g/mol. The molecule has 0 aromatic rings. The monoisotopic (exact) mass is 138 g/mol. The van der Waals surface area contributed by atoms with E-state index in [2.05, 4.69) is 0 Å².